The van der Waals surface area contributed by atoms with Crippen LogP contribution in [0.1, 0.15) is 93.0 Å². The molecule has 0 N–H and O–H groups in total. The van der Waals surface area contributed by atoms with E-state index in [2.05, 4.69) is 60.6 Å². The van der Waals surface area contributed by atoms with Gasteiger partial charge >= 0.3 is 0 Å². The molecule has 2 rings (SSSR count). The van der Waals surface area contributed by atoms with Crippen molar-refractivity contribution < 1.29 is 0 Å². The van der Waals surface area contributed by atoms with Crippen molar-refractivity contribution in [2.24, 2.45) is 5.92 Å². The van der Waals surface area contributed by atoms with Crippen molar-refractivity contribution >= 4 is 0 Å². The summed E-state index contributed by atoms with van der Waals surface area (Å²) in [5.74, 6) is 2.27. The Balaban J connectivity index is 2.30. The van der Waals surface area contributed by atoms with Crippen LogP contribution in [0.5, 0.6) is 0 Å². The lowest BCUT2D eigenvalue weighted by Gasteiger charge is -2.36. The predicted octanol–water partition coefficient (Wildman–Crippen LogP) is 6.98. The molecule has 0 heteroatoms. The van der Waals surface area contributed by atoms with Crippen LogP contribution in [0.4, 0.5) is 0 Å². The minimum Gasteiger partial charge on any atom is -0.0859 e. The SMILES string of the molecule is CC(C)=CCC[C@H](C)C1CC[C@@H](C)c2c1cc(C)c(C)c2C. The van der Waals surface area contributed by atoms with E-state index in [4.69, 9.17) is 0 Å². The topological polar surface area (TPSA) is 0 Å². The van der Waals surface area contributed by atoms with Crippen molar-refractivity contribution in [2.45, 2.75) is 86.0 Å². The number of hydrogen-bond acceptors (Lipinski definition) is 0. The molecule has 0 bridgehead atoms. The molecular formula is C22H34. The van der Waals surface area contributed by atoms with Crippen molar-refractivity contribution in [3.63, 3.8) is 0 Å². The lowest BCUT2D eigenvalue weighted by molar-refractivity contribution is 0.369. The summed E-state index contributed by atoms with van der Waals surface area (Å²) in [6.45, 7) is 16.2. The molecule has 0 aliphatic heterocycles. The van der Waals surface area contributed by atoms with Crippen molar-refractivity contribution in [2.75, 3.05) is 0 Å². The smallest absolute Gasteiger partial charge is 0.0133 e. The van der Waals surface area contributed by atoms with Gasteiger partial charge in [-0.1, -0.05) is 31.6 Å². The molecule has 1 aliphatic carbocycles. The highest BCUT2D eigenvalue weighted by Gasteiger charge is 2.30. The first kappa shape index (κ1) is 17.3. The summed E-state index contributed by atoms with van der Waals surface area (Å²) in [5.41, 5.74) is 9.34. The maximum atomic E-state index is 2.51. The van der Waals surface area contributed by atoms with E-state index in [0.29, 0.717) is 0 Å². The van der Waals surface area contributed by atoms with Crippen LogP contribution in [-0.2, 0) is 0 Å². The third kappa shape index (κ3) is 3.47. The Labute approximate surface area is 138 Å². The minimum atomic E-state index is 0.732. The highest BCUT2D eigenvalue weighted by Crippen LogP contribution is 2.45. The first-order chi connectivity index (χ1) is 10.3. The Kier molecular flexibility index (Phi) is 5.53. The highest BCUT2D eigenvalue weighted by molar-refractivity contribution is 5.49. The van der Waals surface area contributed by atoms with Crippen LogP contribution in [0.3, 0.4) is 0 Å². The molecule has 0 heterocycles. The van der Waals surface area contributed by atoms with Crippen LogP contribution in [-0.4, -0.2) is 0 Å². The molecule has 1 unspecified atom stereocenters. The molecule has 1 aromatic carbocycles. The van der Waals surface area contributed by atoms with Crippen LogP contribution in [0.15, 0.2) is 17.7 Å². The first-order valence-corrected chi connectivity index (χ1v) is 9.06. The zero-order chi connectivity index (χ0) is 16.4. The van der Waals surface area contributed by atoms with Gasteiger partial charge in [-0.3, -0.25) is 0 Å². The van der Waals surface area contributed by atoms with E-state index in [1.165, 1.54) is 42.4 Å². The second-order valence-electron chi connectivity index (χ2n) is 7.87. The van der Waals surface area contributed by atoms with E-state index in [-0.39, 0.29) is 0 Å². The van der Waals surface area contributed by atoms with Gasteiger partial charge in [0, 0.05) is 0 Å². The Morgan fingerprint density at radius 1 is 1.18 bits per heavy atom. The highest BCUT2D eigenvalue weighted by atomic mass is 14.3. The number of hydrogen-bond donors (Lipinski definition) is 0. The largest absolute Gasteiger partial charge is 0.0859 e. The Morgan fingerprint density at radius 3 is 2.50 bits per heavy atom. The summed E-state index contributed by atoms with van der Waals surface area (Å²) in [6.07, 6.45) is 7.67. The zero-order valence-corrected chi connectivity index (χ0v) is 15.7. The molecule has 0 saturated carbocycles. The Bertz CT molecular complexity index is 558. The molecule has 0 saturated heterocycles. The van der Waals surface area contributed by atoms with E-state index in [1.807, 2.05) is 0 Å². The minimum absolute atomic E-state index is 0.732. The third-order valence-electron chi connectivity index (χ3n) is 5.91. The number of allylic oxidation sites excluding steroid dienone is 2. The van der Waals surface area contributed by atoms with Gasteiger partial charge in [0.15, 0.2) is 0 Å². The van der Waals surface area contributed by atoms with Crippen LogP contribution in [0.25, 0.3) is 0 Å². The third-order valence-corrected chi connectivity index (χ3v) is 5.91. The van der Waals surface area contributed by atoms with Gasteiger partial charge in [0.05, 0.1) is 0 Å². The quantitative estimate of drug-likeness (QED) is 0.526. The van der Waals surface area contributed by atoms with Crippen LogP contribution in [0.2, 0.25) is 0 Å². The summed E-state index contributed by atoms with van der Waals surface area (Å²) >= 11 is 0. The average molecular weight is 299 g/mol. The number of benzene rings is 1. The van der Waals surface area contributed by atoms with Crippen LogP contribution in [0, 0.1) is 26.7 Å². The molecule has 0 fully saturated rings. The van der Waals surface area contributed by atoms with Gasteiger partial charge in [0.1, 0.15) is 0 Å². The summed E-state index contributed by atoms with van der Waals surface area (Å²) in [7, 11) is 0. The second-order valence-corrected chi connectivity index (χ2v) is 7.87. The van der Waals surface area contributed by atoms with Crippen LogP contribution < -0.4 is 0 Å². The van der Waals surface area contributed by atoms with Crippen LogP contribution >= 0.6 is 0 Å². The van der Waals surface area contributed by atoms with Crippen molar-refractivity contribution in [1.82, 2.24) is 0 Å². The maximum Gasteiger partial charge on any atom is -0.0133 e. The van der Waals surface area contributed by atoms with Gasteiger partial charge in [-0.05, 0) is 106 Å². The lowest BCUT2D eigenvalue weighted by atomic mass is 9.69. The molecule has 0 spiro atoms. The summed E-state index contributed by atoms with van der Waals surface area (Å²) in [5, 5.41) is 0. The Morgan fingerprint density at radius 2 is 1.86 bits per heavy atom. The number of aryl methyl sites for hydroxylation is 1. The molecular weight excluding hydrogens is 264 g/mol. The van der Waals surface area contributed by atoms with E-state index in [0.717, 1.165) is 17.8 Å². The Hall–Kier alpha value is -1.04. The van der Waals surface area contributed by atoms with E-state index in [9.17, 15) is 0 Å². The molecule has 1 aliphatic rings. The molecule has 0 aromatic heterocycles. The van der Waals surface area contributed by atoms with Gasteiger partial charge in [-0.25, -0.2) is 0 Å². The van der Waals surface area contributed by atoms with Gasteiger partial charge < -0.3 is 0 Å². The average Bonchev–Trinajstić information content (AvgIpc) is 2.44. The fourth-order valence-electron chi connectivity index (χ4n) is 4.25. The normalized spacial score (nSPS) is 22.1. The molecule has 0 radical (unpaired) electrons. The molecule has 122 valence electrons. The van der Waals surface area contributed by atoms with E-state index in [1.54, 1.807) is 16.7 Å². The maximum absolute atomic E-state index is 2.51. The van der Waals surface area contributed by atoms with Gasteiger partial charge in [-0.2, -0.15) is 0 Å². The number of rotatable bonds is 4. The number of fused-ring (bicyclic) bond motifs is 1. The van der Waals surface area contributed by atoms with E-state index < -0.39 is 0 Å². The molecule has 1 aromatic rings. The monoisotopic (exact) mass is 298 g/mol. The lowest BCUT2D eigenvalue weighted by Crippen LogP contribution is -2.20. The van der Waals surface area contributed by atoms with Crippen molar-refractivity contribution in [3.8, 4) is 0 Å². The van der Waals surface area contributed by atoms with Gasteiger partial charge in [0.25, 0.3) is 0 Å². The van der Waals surface area contributed by atoms with Crippen molar-refractivity contribution in [3.05, 3.63) is 45.5 Å². The molecule has 3 atom stereocenters. The second kappa shape index (κ2) is 7.02. The molecule has 0 nitrogen and oxygen atoms in total. The zero-order valence-electron chi connectivity index (χ0n) is 15.7. The standard InChI is InChI=1S/C22H34/c1-14(2)9-8-10-15(3)20-12-11-16(4)22-19(7)18(6)17(5)13-21(20)22/h9,13,15-16,20H,8,10-12H2,1-7H3/t15-,16+,20?/m0/s1. The first-order valence-electron chi connectivity index (χ1n) is 9.06. The fourth-order valence-corrected chi connectivity index (χ4v) is 4.25. The van der Waals surface area contributed by atoms with Gasteiger partial charge in [0.2, 0.25) is 0 Å². The van der Waals surface area contributed by atoms with Gasteiger partial charge in [-0.15, -0.1) is 0 Å². The summed E-state index contributed by atoms with van der Waals surface area (Å²) in [6, 6.07) is 2.51. The van der Waals surface area contributed by atoms with Crippen molar-refractivity contribution in [1.29, 1.82) is 0 Å². The fraction of sp³-hybridized carbons (Fsp3) is 0.636. The van der Waals surface area contributed by atoms with E-state index >= 15 is 0 Å². The molecule has 22 heavy (non-hydrogen) atoms. The summed E-state index contributed by atoms with van der Waals surface area (Å²) in [4.78, 5) is 0. The summed E-state index contributed by atoms with van der Waals surface area (Å²) < 4.78 is 0. The molecule has 0 amide bonds. The predicted molar refractivity (Wildman–Crippen MR) is 98.9 cm³/mol.